The third-order valence-corrected chi connectivity index (χ3v) is 6.40. The van der Waals surface area contributed by atoms with E-state index in [4.69, 9.17) is 10.2 Å². The summed E-state index contributed by atoms with van der Waals surface area (Å²) in [5.41, 5.74) is 6.15. The summed E-state index contributed by atoms with van der Waals surface area (Å²) < 4.78 is 21.5. The summed E-state index contributed by atoms with van der Waals surface area (Å²) >= 11 is 2.61. The lowest BCUT2D eigenvalue weighted by molar-refractivity contribution is -0.118. The Hall–Kier alpha value is -3.51. The van der Waals surface area contributed by atoms with Gasteiger partial charge in [0.05, 0.1) is 17.6 Å². The van der Waals surface area contributed by atoms with E-state index in [0.717, 1.165) is 0 Å². The number of hydrogen-bond donors (Lipinski definition) is 1. The number of para-hydroxylation sites is 1. The molecule has 4 rings (SSSR count). The number of benzene rings is 1. The van der Waals surface area contributed by atoms with Crippen molar-refractivity contribution in [3.8, 4) is 11.6 Å². The van der Waals surface area contributed by atoms with E-state index >= 15 is 0 Å². The summed E-state index contributed by atoms with van der Waals surface area (Å²) in [4.78, 5) is 29.3. The second-order valence-corrected chi connectivity index (χ2v) is 8.65. The van der Waals surface area contributed by atoms with Crippen LogP contribution in [-0.4, -0.2) is 31.6 Å². The number of nitrogens with two attached hydrogens (primary N) is 1. The van der Waals surface area contributed by atoms with Crippen molar-refractivity contribution >= 4 is 45.7 Å². The lowest BCUT2D eigenvalue weighted by Gasteiger charge is -2.18. The van der Waals surface area contributed by atoms with E-state index in [-0.39, 0.29) is 18.0 Å². The molecule has 1 aromatic carbocycles. The lowest BCUT2D eigenvalue weighted by atomic mass is 10.3. The smallest absolute Gasteiger partial charge is 0.230 e. The van der Waals surface area contributed by atoms with Gasteiger partial charge in [0.15, 0.2) is 21.9 Å². The van der Waals surface area contributed by atoms with E-state index < -0.39 is 11.7 Å². The Labute approximate surface area is 196 Å². The number of halogens is 1. The van der Waals surface area contributed by atoms with Gasteiger partial charge in [0.2, 0.25) is 11.8 Å². The number of nitrogens with zero attached hydrogens (tertiary/aromatic N) is 5. The van der Waals surface area contributed by atoms with Gasteiger partial charge in [0.1, 0.15) is 5.82 Å². The molecule has 0 saturated carbocycles. The Morgan fingerprint density at radius 3 is 2.76 bits per heavy atom. The third kappa shape index (κ3) is 5.12. The zero-order chi connectivity index (χ0) is 23.4. The minimum absolute atomic E-state index is 0.121. The maximum absolute atomic E-state index is 14.3. The fourth-order valence-electron chi connectivity index (χ4n) is 3.05. The first-order valence-electron chi connectivity index (χ1n) is 9.82. The molecule has 0 radical (unpaired) electrons. The van der Waals surface area contributed by atoms with E-state index in [1.807, 2.05) is 0 Å². The zero-order valence-corrected chi connectivity index (χ0v) is 19.1. The van der Waals surface area contributed by atoms with Crippen LogP contribution >= 0.6 is 23.1 Å². The number of carbonyl (C=O) groups is 2. The first-order valence-corrected chi connectivity index (χ1v) is 11.7. The van der Waals surface area contributed by atoms with Crippen LogP contribution in [-0.2, 0) is 21.9 Å². The molecule has 0 saturated heterocycles. The number of amides is 2. The molecular weight excluding hydrogens is 467 g/mol. The van der Waals surface area contributed by atoms with Crippen LogP contribution in [0.2, 0.25) is 0 Å². The fourth-order valence-corrected chi connectivity index (χ4v) is 4.89. The highest BCUT2D eigenvalue weighted by atomic mass is 32.2. The number of thiazole rings is 1. The molecule has 0 aliphatic heterocycles. The maximum atomic E-state index is 14.3. The van der Waals surface area contributed by atoms with Gasteiger partial charge in [-0.15, -0.1) is 21.5 Å². The third-order valence-electron chi connectivity index (χ3n) is 4.53. The minimum Gasteiger partial charge on any atom is -0.461 e. The molecule has 33 heavy (non-hydrogen) atoms. The van der Waals surface area contributed by atoms with Gasteiger partial charge < -0.3 is 10.2 Å². The number of furan rings is 1. The topological polar surface area (TPSA) is 120 Å². The Balaban J connectivity index is 1.54. The first kappa shape index (κ1) is 22.7. The van der Waals surface area contributed by atoms with Crippen LogP contribution in [0.4, 0.5) is 15.2 Å². The molecule has 4 aromatic rings. The van der Waals surface area contributed by atoms with Crippen molar-refractivity contribution in [3.05, 3.63) is 59.6 Å². The number of primary amides is 1. The minimum atomic E-state index is -0.508. The molecule has 170 valence electrons. The van der Waals surface area contributed by atoms with Crippen molar-refractivity contribution in [1.82, 2.24) is 19.7 Å². The summed E-state index contributed by atoms with van der Waals surface area (Å²) in [6.45, 7) is 1.66. The summed E-state index contributed by atoms with van der Waals surface area (Å²) in [5.74, 6) is 0.148. The SMILES string of the molecule is CC(=O)N(c1nc(CSc2nnc(-c3ccco3)n2CCC(N)=O)cs1)c1ccccc1F. The fraction of sp³-hybridized carbons (Fsp3) is 0.190. The molecule has 0 spiro atoms. The van der Waals surface area contributed by atoms with Crippen molar-refractivity contribution in [3.63, 3.8) is 0 Å². The van der Waals surface area contributed by atoms with Gasteiger partial charge in [-0.2, -0.15) is 0 Å². The number of thioether (sulfide) groups is 1. The molecule has 0 aliphatic rings. The number of rotatable bonds is 9. The summed E-state index contributed by atoms with van der Waals surface area (Å²) in [5, 5.41) is 11.1. The quantitative estimate of drug-likeness (QED) is 0.355. The molecule has 12 heteroatoms. The van der Waals surface area contributed by atoms with Crippen molar-refractivity contribution in [2.45, 2.75) is 30.8 Å². The zero-order valence-electron chi connectivity index (χ0n) is 17.5. The van der Waals surface area contributed by atoms with Gasteiger partial charge in [-0.1, -0.05) is 23.9 Å². The van der Waals surface area contributed by atoms with Crippen LogP contribution in [0.1, 0.15) is 19.0 Å². The molecule has 0 atom stereocenters. The van der Waals surface area contributed by atoms with Crippen LogP contribution < -0.4 is 10.6 Å². The van der Waals surface area contributed by atoms with Crippen molar-refractivity contribution < 1.29 is 18.4 Å². The maximum Gasteiger partial charge on any atom is 0.230 e. The van der Waals surface area contributed by atoms with Gasteiger partial charge in [0, 0.05) is 31.0 Å². The average molecular weight is 487 g/mol. The Kier molecular flexibility index (Phi) is 6.84. The van der Waals surface area contributed by atoms with E-state index in [1.54, 1.807) is 34.2 Å². The molecule has 0 fully saturated rings. The Morgan fingerprint density at radius 1 is 1.24 bits per heavy atom. The number of anilines is 2. The summed E-state index contributed by atoms with van der Waals surface area (Å²) in [6, 6.07) is 9.54. The molecule has 0 bridgehead atoms. The van der Waals surface area contributed by atoms with Crippen LogP contribution in [0.5, 0.6) is 0 Å². The van der Waals surface area contributed by atoms with E-state index in [0.29, 0.717) is 39.9 Å². The van der Waals surface area contributed by atoms with E-state index in [9.17, 15) is 14.0 Å². The predicted molar refractivity (Wildman–Crippen MR) is 122 cm³/mol. The number of hydrogen-bond acceptors (Lipinski definition) is 8. The normalized spacial score (nSPS) is 11.0. The highest BCUT2D eigenvalue weighted by Gasteiger charge is 2.22. The standard InChI is InChI=1S/C21H19FN6O3S2/c1-13(29)28(16-6-3-2-5-15(16)22)20-24-14(11-32-20)12-33-21-26-25-19(17-7-4-10-31-17)27(21)9-8-18(23)30/h2-7,10-11H,8-9,12H2,1H3,(H2,23,30). The number of carbonyl (C=O) groups excluding carboxylic acids is 2. The summed E-state index contributed by atoms with van der Waals surface area (Å²) in [6.07, 6.45) is 1.65. The lowest BCUT2D eigenvalue weighted by Crippen LogP contribution is -2.23. The Morgan fingerprint density at radius 2 is 2.06 bits per heavy atom. The highest BCUT2D eigenvalue weighted by Crippen LogP contribution is 2.33. The molecule has 9 nitrogen and oxygen atoms in total. The first-order chi connectivity index (χ1) is 15.9. The molecular formula is C21H19FN6O3S2. The van der Waals surface area contributed by atoms with Gasteiger partial charge in [-0.05, 0) is 24.3 Å². The molecule has 0 aliphatic carbocycles. The second-order valence-electron chi connectivity index (χ2n) is 6.87. The monoisotopic (exact) mass is 486 g/mol. The average Bonchev–Trinajstić information content (AvgIpc) is 3.53. The summed E-state index contributed by atoms with van der Waals surface area (Å²) in [7, 11) is 0. The van der Waals surface area contributed by atoms with Crippen LogP contribution in [0.3, 0.4) is 0 Å². The van der Waals surface area contributed by atoms with Crippen LogP contribution in [0, 0.1) is 5.82 Å². The number of aromatic nitrogens is 4. The molecule has 3 aromatic heterocycles. The van der Waals surface area contributed by atoms with Gasteiger partial charge >= 0.3 is 0 Å². The van der Waals surface area contributed by atoms with Crippen molar-refractivity contribution in [2.24, 2.45) is 5.73 Å². The van der Waals surface area contributed by atoms with Crippen LogP contribution in [0.15, 0.2) is 57.6 Å². The van der Waals surface area contributed by atoms with Gasteiger partial charge in [-0.3, -0.25) is 19.1 Å². The Bertz CT molecular complexity index is 1270. The molecule has 3 heterocycles. The van der Waals surface area contributed by atoms with Crippen molar-refractivity contribution in [1.29, 1.82) is 0 Å². The van der Waals surface area contributed by atoms with Crippen molar-refractivity contribution in [2.75, 3.05) is 4.90 Å². The van der Waals surface area contributed by atoms with E-state index in [2.05, 4.69) is 15.2 Å². The van der Waals surface area contributed by atoms with Gasteiger partial charge in [0.25, 0.3) is 0 Å². The second kappa shape index (κ2) is 9.96. The molecule has 2 amide bonds. The highest BCUT2D eigenvalue weighted by molar-refractivity contribution is 7.98. The van der Waals surface area contributed by atoms with Crippen LogP contribution in [0.25, 0.3) is 11.6 Å². The predicted octanol–water partition coefficient (Wildman–Crippen LogP) is 3.99. The van der Waals surface area contributed by atoms with Gasteiger partial charge in [-0.25, -0.2) is 9.37 Å². The molecule has 0 unspecified atom stereocenters. The largest absolute Gasteiger partial charge is 0.461 e. The molecule has 2 N–H and O–H groups in total. The van der Waals surface area contributed by atoms with E-state index in [1.165, 1.54) is 53.3 Å².